The molecule has 5 nitrogen and oxygen atoms in total. The van der Waals surface area contributed by atoms with Crippen molar-refractivity contribution < 1.29 is 19.0 Å². The lowest BCUT2D eigenvalue weighted by atomic mass is 9.74. The van der Waals surface area contributed by atoms with E-state index in [9.17, 15) is 4.79 Å². The first kappa shape index (κ1) is 23.4. The summed E-state index contributed by atoms with van der Waals surface area (Å²) in [4.78, 5) is 14.4. The summed E-state index contributed by atoms with van der Waals surface area (Å²) in [5.74, 6) is 1.66. The van der Waals surface area contributed by atoms with Crippen LogP contribution in [0.2, 0.25) is 0 Å². The molecule has 0 aromatic heterocycles. The minimum atomic E-state index is -0.422. The molecule has 4 rings (SSSR count). The van der Waals surface area contributed by atoms with E-state index >= 15 is 0 Å². The fraction of sp³-hybridized carbons (Fsp3) is 0.464. The molecule has 0 radical (unpaired) electrons. The molecule has 0 aliphatic carbocycles. The summed E-state index contributed by atoms with van der Waals surface area (Å²) < 4.78 is 17.5. The molecule has 2 aliphatic heterocycles. The van der Waals surface area contributed by atoms with Crippen LogP contribution >= 0.6 is 0 Å². The highest BCUT2D eigenvalue weighted by Crippen LogP contribution is 2.46. The smallest absolute Gasteiger partial charge is 0.307 e. The minimum Gasteiger partial charge on any atom is -0.492 e. The van der Waals surface area contributed by atoms with Gasteiger partial charge in [-0.1, -0.05) is 42.5 Å². The van der Waals surface area contributed by atoms with Crippen molar-refractivity contribution in [2.24, 2.45) is 0 Å². The number of hydrogen-bond acceptors (Lipinski definition) is 5. The molecule has 2 aliphatic rings. The van der Waals surface area contributed by atoms with Gasteiger partial charge in [-0.2, -0.15) is 0 Å². The van der Waals surface area contributed by atoms with Crippen LogP contribution in [0.1, 0.15) is 51.2 Å². The molecule has 0 saturated carbocycles. The Hall–Kier alpha value is -2.79. The monoisotopic (exact) mass is 449 g/mol. The molecule has 1 saturated heterocycles. The maximum absolute atomic E-state index is 12.0. The lowest BCUT2D eigenvalue weighted by Crippen LogP contribution is -2.44. The molecular weight excluding hydrogens is 414 g/mol. The van der Waals surface area contributed by atoms with Crippen molar-refractivity contribution in [1.82, 2.24) is 4.90 Å². The van der Waals surface area contributed by atoms with Gasteiger partial charge in [-0.3, -0.25) is 4.79 Å². The van der Waals surface area contributed by atoms with E-state index in [1.807, 2.05) is 51.1 Å². The molecule has 176 valence electrons. The fourth-order valence-electron chi connectivity index (χ4n) is 4.60. The second kappa shape index (κ2) is 10.0. The number of nitrogens with zero attached hydrogens (tertiary/aromatic N) is 1. The molecule has 1 fully saturated rings. The Morgan fingerprint density at radius 3 is 2.61 bits per heavy atom. The van der Waals surface area contributed by atoms with E-state index < -0.39 is 5.60 Å². The average Bonchev–Trinajstić information content (AvgIpc) is 3.13. The second-order valence-electron chi connectivity index (χ2n) is 10.0. The first-order valence-electron chi connectivity index (χ1n) is 11.9. The average molecular weight is 450 g/mol. The van der Waals surface area contributed by atoms with Crippen LogP contribution in [0.3, 0.4) is 0 Å². The number of esters is 1. The second-order valence-corrected chi connectivity index (χ2v) is 10.0. The number of carbonyl (C=O) groups excluding carboxylic acids is 1. The zero-order valence-electron chi connectivity index (χ0n) is 20.0. The van der Waals surface area contributed by atoms with Crippen LogP contribution in [0.15, 0.2) is 54.6 Å². The van der Waals surface area contributed by atoms with E-state index in [4.69, 9.17) is 14.2 Å². The molecular formula is C28H35NO4. The number of ether oxygens (including phenoxy) is 3. The van der Waals surface area contributed by atoms with Gasteiger partial charge in [0, 0.05) is 23.6 Å². The third-order valence-corrected chi connectivity index (χ3v) is 6.35. The van der Waals surface area contributed by atoms with Gasteiger partial charge < -0.3 is 19.1 Å². The van der Waals surface area contributed by atoms with Gasteiger partial charge in [-0.25, -0.2) is 0 Å². The third-order valence-electron chi connectivity index (χ3n) is 6.35. The van der Waals surface area contributed by atoms with Crippen LogP contribution in [0.25, 0.3) is 6.08 Å². The van der Waals surface area contributed by atoms with E-state index in [0.717, 1.165) is 56.1 Å². The summed E-state index contributed by atoms with van der Waals surface area (Å²) in [6, 6.07) is 16.5. The van der Waals surface area contributed by atoms with Gasteiger partial charge in [0.15, 0.2) is 0 Å². The number of hydrogen-bond donors (Lipinski definition) is 0. The number of likely N-dealkylation sites (tertiary alicyclic amines) is 1. The largest absolute Gasteiger partial charge is 0.492 e. The van der Waals surface area contributed by atoms with Crippen molar-refractivity contribution in [3.63, 3.8) is 0 Å². The molecule has 33 heavy (non-hydrogen) atoms. The SMILES string of the molecule is CC(C)(C)OC(=O)CCN1CCC2(CC1)COc1cc(OCC=Cc3ccccc3)ccc12. The standard InChI is InChI=1S/C28H35NO4/c1-27(2,3)33-26(30)13-16-29-17-14-28(15-18-29)21-32-25-20-23(11-12-24(25)28)31-19-7-10-22-8-5-4-6-9-22/h4-12,20H,13-19,21H2,1-3H3. The number of fused-ring (bicyclic) bond motifs is 2. The molecule has 1 spiro atoms. The van der Waals surface area contributed by atoms with Gasteiger partial charge in [-0.15, -0.1) is 0 Å². The molecule has 0 atom stereocenters. The topological polar surface area (TPSA) is 48.0 Å². The molecule has 2 heterocycles. The van der Waals surface area contributed by atoms with Crippen molar-refractivity contribution in [1.29, 1.82) is 0 Å². The molecule has 2 aromatic carbocycles. The van der Waals surface area contributed by atoms with Crippen molar-refractivity contribution in [3.05, 3.63) is 65.7 Å². The first-order chi connectivity index (χ1) is 15.8. The molecule has 0 N–H and O–H groups in total. The van der Waals surface area contributed by atoms with E-state index in [2.05, 4.69) is 35.2 Å². The maximum Gasteiger partial charge on any atom is 0.307 e. The predicted octanol–water partition coefficient (Wildman–Crippen LogP) is 5.24. The van der Waals surface area contributed by atoms with Crippen molar-refractivity contribution in [2.45, 2.75) is 51.0 Å². The maximum atomic E-state index is 12.0. The number of carbonyl (C=O) groups is 1. The van der Waals surface area contributed by atoms with Gasteiger partial charge in [0.1, 0.15) is 23.7 Å². The first-order valence-corrected chi connectivity index (χ1v) is 11.9. The Balaban J connectivity index is 1.27. The van der Waals surface area contributed by atoms with Gasteiger partial charge in [0.2, 0.25) is 0 Å². The van der Waals surface area contributed by atoms with Gasteiger partial charge >= 0.3 is 5.97 Å². The zero-order valence-corrected chi connectivity index (χ0v) is 20.0. The Morgan fingerprint density at radius 1 is 1.12 bits per heavy atom. The zero-order chi connectivity index (χ0) is 23.3. The highest BCUT2D eigenvalue weighted by molar-refractivity contribution is 5.70. The summed E-state index contributed by atoms with van der Waals surface area (Å²) >= 11 is 0. The van der Waals surface area contributed by atoms with Crippen molar-refractivity contribution in [2.75, 3.05) is 32.8 Å². The predicted molar refractivity (Wildman–Crippen MR) is 131 cm³/mol. The summed E-state index contributed by atoms with van der Waals surface area (Å²) in [5.41, 5.74) is 2.11. The Morgan fingerprint density at radius 2 is 1.88 bits per heavy atom. The fourth-order valence-corrected chi connectivity index (χ4v) is 4.60. The molecule has 0 unspecified atom stereocenters. The van der Waals surface area contributed by atoms with Crippen molar-refractivity contribution in [3.8, 4) is 11.5 Å². The summed E-state index contributed by atoms with van der Waals surface area (Å²) in [6.45, 7) is 9.65. The normalized spacial score (nSPS) is 17.7. The third kappa shape index (κ3) is 6.17. The van der Waals surface area contributed by atoms with Crippen LogP contribution in [0.5, 0.6) is 11.5 Å². The molecule has 5 heteroatoms. The summed E-state index contributed by atoms with van der Waals surface area (Å²) in [6.07, 6.45) is 6.60. The Labute approximate surface area is 197 Å². The van der Waals surface area contributed by atoms with Crippen molar-refractivity contribution >= 4 is 12.0 Å². The Bertz CT molecular complexity index is 969. The van der Waals surface area contributed by atoms with Gasteiger partial charge in [-0.05, 0) is 64.4 Å². The van der Waals surface area contributed by atoms with E-state index in [1.165, 1.54) is 5.56 Å². The summed E-state index contributed by atoms with van der Waals surface area (Å²) in [7, 11) is 0. The van der Waals surface area contributed by atoms with E-state index in [1.54, 1.807) is 0 Å². The highest BCUT2D eigenvalue weighted by atomic mass is 16.6. The lowest BCUT2D eigenvalue weighted by Gasteiger charge is -2.38. The quantitative estimate of drug-likeness (QED) is 0.541. The van der Waals surface area contributed by atoms with Crippen LogP contribution in [0.4, 0.5) is 0 Å². The Kier molecular flexibility index (Phi) is 7.08. The van der Waals surface area contributed by atoms with Crippen LogP contribution in [0, 0.1) is 0 Å². The molecule has 0 amide bonds. The van der Waals surface area contributed by atoms with Gasteiger partial charge in [0.05, 0.1) is 13.0 Å². The summed E-state index contributed by atoms with van der Waals surface area (Å²) in [5, 5.41) is 0. The number of piperidine rings is 1. The van der Waals surface area contributed by atoms with Crippen LogP contribution < -0.4 is 9.47 Å². The number of benzene rings is 2. The number of rotatable bonds is 7. The lowest BCUT2D eigenvalue weighted by molar-refractivity contribution is -0.155. The highest BCUT2D eigenvalue weighted by Gasteiger charge is 2.43. The van der Waals surface area contributed by atoms with E-state index in [-0.39, 0.29) is 11.4 Å². The molecule has 0 bridgehead atoms. The van der Waals surface area contributed by atoms with Crippen LogP contribution in [-0.2, 0) is 14.9 Å². The minimum absolute atomic E-state index is 0.0729. The molecule has 2 aromatic rings. The van der Waals surface area contributed by atoms with E-state index in [0.29, 0.717) is 13.0 Å². The van der Waals surface area contributed by atoms with Crippen LogP contribution in [-0.4, -0.2) is 49.3 Å². The van der Waals surface area contributed by atoms with Gasteiger partial charge in [0.25, 0.3) is 0 Å².